The lowest BCUT2D eigenvalue weighted by molar-refractivity contribution is -0.128. The van der Waals surface area contributed by atoms with E-state index in [4.69, 9.17) is 24.3 Å². The van der Waals surface area contributed by atoms with Crippen LogP contribution in [0.5, 0.6) is 11.5 Å². The Bertz CT molecular complexity index is 1550. The van der Waals surface area contributed by atoms with Crippen molar-refractivity contribution in [3.8, 4) is 11.5 Å². The Morgan fingerprint density at radius 3 is 2.43 bits per heavy atom. The van der Waals surface area contributed by atoms with Gasteiger partial charge in [0.05, 0.1) is 13.7 Å². The van der Waals surface area contributed by atoms with Gasteiger partial charge < -0.3 is 24.6 Å². The van der Waals surface area contributed by atoms with Crippen molar-refractivity contribution in [2.75, 3.05) is 26.9 Å². The van der Waals surface area contributed by atoms with E-state index in [-0.39, 0.29) is 12.5 Å². The Kier molecular flexibility index (Phi) is 10.4. The number of hydrogen-bond acceptors (Lipinski definition) is 6. The van der Waals surface area contributed by atoms with Gasteiger partial charge in [-0.1, -0.05) is 84.9 Å². The standard InChI is InChI=1S/C37H38N2O5/c1-42-33-17-8-16-31(27-33)34-37(23-9-15-28-11-4-2-5-12-28,36(41)38-24-22-29-13-6-3-7-14-29)39-35(44-34)30-18-20-32(21-19-30)43-26-10-25-40/h2-9,11-21,27,34,40H,10,22-26H2,1H3,(H,38,41)/b15-9+/t34-,37-/m1/s1. The quantitative estimate of drug-likeness (QED) is 0.171. The van der Waals surface area contributed by atoms with Crippen LogP contribution < -0.4 is 14.8 Å². The number of aliphatic hydroxyl groups excluding tert-OH is 1. The largest absolute Gasteiger partial charge is 0.497 e. The highest BCUT2D eigenvalue weighted by Gasteiger charge is 2.52. The molecule has 7 heteroatoms. The first-order valence-corrected chi connectivity index (χ1v) is 14.9. The second kappa shape index (κ2) is 15.0. The summed E-state index contributed by atoms with van der Waals surface area (Å²) in [6.07, 6.45) is 4.86. The van der Waals surface area contributed by atoms with Crippen LogP contribution in [0.2, 0.25) is 0 Å². The van der Waals surface area contributed by atoms with E-state index < -0.39 is 11.6 Å². The number of rotatable bonds is 14. The van der Waals surface area contributed by atoms with Crippen molar-refractivity contribution in [2.24, 2.45) is 4.99 Å². The Morgan fingerprint density at radius 2 is 1.70 bits per heavy atom. The van der Waals surface area contributed by atoms with E-state index in [1.165, 1.54) is 0 Å². The summed E-state index contributed by atoms with van der Waals surface area (Å²) in [6, 6.07) is 35.1. The van der Waals surface area contributed by atoms with Gasteiger partial charge in [-0.05, 0) is 59.5 Å². The number of nitrogens with one attached hydrogen (secondary N) is 1. The highest BCUT2D eigenvalue weighted by atomic mass is 16.5. The predicted molar refractivity (Wildman–Crippen MR) is 173 cm³/mol. The minimum absolute atomic E-state index is 0.0720. The van der Waals surface area contributed by atoms with Crippen LogP contribution in [0, 0.1) is 0 Å². The lowest BCUT2D eigenvalue weighted by Crippen LogP contribution is -2.48. The number of ether oxygens (including phenoxy) is 3. The number of aliphatic imine (C=N–C) groups is 1. The second-order valence-electron chi connectivity index (χ2n) is 10.6. The average molecular weight is 591 g/mol. The zero-order chi connectivity index (χ0) is 30.6. The lowest BCUT2D eigenvalue weighted by atomic mass is 9.84. The van der Waals surface area contributed by atoms with Gasteiger partial charge in [0.2, 0.25) is 5.90 Å². The molecular formula is C37H38N2O5. The number of methoxy groups -OCH3 is 1. The number of carbonyl (C=O) groups excluding carboxylic acids is 1. The first-order valence-electron chi connectivity index (χ1n) is 14.9. The number of hydrogen-bond donors (Lipinski definition) is 2. The third kappa shape index (κ3) is 7.54. The molecule has 226 valence electrons. The SMILES string of the molecule is COc1cccc([C@H]2OC(c3ccc(OCCCO)cc3)=N[C@@]2(C/C=C/c2ccccc2)C(=O)NCCc2ccccc2)c1. The van der Waals surface area contributed by atoms with Crippen LogP contribution in [-0.2, 0) is 16.0 Å². The normalized spacial score (nSPS) is 17.6. The first kappa shape index (κ1) is 30.6. The molecule has 0 saturated heterocycles. The number of benzene rings is 4. The van der Waals surface area contributed by atoms with Crippen LogP contribution in [0.3, 0.4) is 0 Å². The summed E-state index contributed by atoms with van der Waals surface area (Å²) in [5.74, 6) is 1.52. The van der Waals surface area contributed by atoms with Gasteiger partial charge in [0, 0.05) is 31.6 Å². The molecule has 0 saturated carbocycles. The predicted octanol–water partition coefficient (Wildman–Crippen LogP) is 6.18. The molecule has 0 aromatic heterocycles. The van der Waals surface area contributed by atoms with Gasteiger partial charge in [-0.25, -0.2) is 4.99 Å². The topological polar surface area (TPSA) is 89.4 Å². The monoisotopic (exact) mass is 590 g/mol. The smallest absolute Gasteiger partial charge is 0.252 e. The molecule has 1 aliphatic rings. The molecule has 44 heavy (non-hydrogen) atoms. The molecule has 0 fully saturated rings. The fourth-order valence-electron chi connectivity index (χ4n) is 5.18. The van der Waals surface area contributed by atoms with Gasteiger partial charge in [-0.2, -0.15) is 0 Å². The highest BCUT2D eigenvalue weighted by molar-refractivity contribution is 6.01. The van der Waals surface area contributed by atoms with E-state index in [1.807, 2.05) is 109 Å². The molecule has 1 aliphatic heterocycles. The molecule has 2 N–H and O–H groups in total. The average Bonchev–Trinajstić information content (AvgIpc) is 3.47. The summed E-state index contributed by atoms with van der Waals surface area (Å²) in [7, 11) is 1.62. The van der Waals surface area contributed by atoms with E-state index in [0.29, 0.717) is 49.8 Å². The molecule has 7 nitrogen and oxygen atoms in total. The molecule has 1 heterocycles. The van der Waals surface area contributed by atoms with Gasteiger partial charge in [0.1, 0.15) is 11.5 Å². The Labute approximate surface area is 258 Å². The zero-order valence-electron chi connectivity index (χ0n) is 24.9. The van der Waals surface area contributed by atoms with Crippen LogP contribution in [0.25, 0.3) is 6.08 Å². The third-order valence-electron chi connectivity index (χ3n) is 7.51. The Hall–Kier alpha value is -4.88. The molecule has 0 radical (unpaired) electrons. The van der Waals surface area contributed by atoms with E-state index in [0.717, 1.165) is 22.3 Å². The number of nitrogens with zero attached hydrogens (tertiary/aromatic N) is 1. The minimum Gasteiger partial charge on any atom is -0.497 e. The molecule has 4 aromatic rings. The van der Waals surface area contributed by atoms with Crippen LogP contribution in [-0.4, -0.2) is 49.3 Å². The summed E-state index contributed by atoms with van der Waals surface area (Å²) in [5.41, 5.74) is 2.42. The molecule has 0 unspecified atom stereocenters. The molecule has 1 amide bonds. The van der Waals surface area contributed by atoms with Crippen LogP contribution in [0.15, 0.2) is 120 Å². The van der Waals surface area contributed by atoms with Crippen molar-refractivity contribution in [1.29, 1.82) is 0 Å². The van der Waals surface area contributed by atoms with Crippen molar-refractivity contribution >= 4 is 17.9 Å². The van der Waals surface area contributed by atoms with Crippen LogP contribution >= 0.6 is 0 Å². The molecular weight excluding hydrogens is 552 g/mol. The summed E-state index contributed by atoms with van der Waals surface area (Å²) in [4.78, 5) is 19.4. The maximum absolute atomic E-state index is 14.3. The van der Waals surface area contributed by atoms with E-state index in [9.17, 15) is 4.79 Å². The minimum atomic E-state index is -1.28. The van der Waals surface area contributed by atoms with Gasteiger partial charge in [-0.3, -0.25) is 4.79 Å². The van der Waals surface area contributed by atoms with E-state index in [2.05, 4.69) is 17.4 Å². The summed E-state index contributed by atoms with van der Waals surface area (Å²) >= 11 is 0. The molecule has 0 spiro atoms. The molecule has 2 atom stereocenters. The molecule has 5 rings (SSSR count). The lowest BCUT2D eigenvalue weighted by Gasteiger charge is -2.30. The van der Waals surface area contributed by atoms with Gasteiger partial charge in [0.25, 0.3) is 5.91 Å². The van der Waals surface area contributed by atoms with Gasteiger partial charge >= 0.3 is 0 Å². The number of amides is 1. The first-order chi connectivity index (χ1) is 21.6. The fraction of sp³-hybridized carbons (Fsp3) is 0.243. The maximum Gasteiger partial charge on any atom is 0.252 e. The zero-order valence-corrected chi connectivity index (χ0v) is 24.9. The highest BCUT2D eigenvalue weighted by Crippen LogP contribution is 2.43. The molecule has 0 bridgehead atoms. The van der Waals surface area contributed by atoms with Crippen molar-refractivity contribution in [2.45, 2.75) is 30.9 Å². The number of carbonyl (C=O) groups is 1. The second-order valence-corrected chi connectivity index (χ2v) is 10.6. The molecule has 4 aromatic carbocycles. The van der Waals surface area contributed by atoms with E-state index >= 15 is 0 Å². The van der Waals surface area contributed by atoms with Crippen LogP contribution in [0.4, 0.5) is 0 Å². The van der Waals surface area contributed by atoms with Crippen molar-refractivity contribution in [3.63, 3.8) is 0 Å². The van der Waals surface area contributed by atoms with Crippen molar-refractivity contribution in [1.82, 2.24) is 5.32 Å². The maximum atomic E-state index is 14.3. The fourth-order valence-corrected chi connectivity index (χ4v) is 5.18. The summed E-state index contributed by atoms with van der Waals surface area (Å²) in [5, 5.41) is 12.2. The number of aliphatic hydroxyl groups is 1. The summed E-state index contributed by atoms with van der Waals surface area (Å²) in [6.45, 7) is 0.955. The Balaban J connectivity index is 1.50. The third-order valence-corrected chi connectivity index (χ3v) is 7.51. The van der Waals surface area contributed by atoms with E-state index in [1.54, 1.807) is 7.11 Å². The van der Waals surface area contributed by atoms with Crippen LogP contribution in [0.1, 0.15) is 41.2 Å². The molecule has 0 aliphatic carbocycles. The van der Waals surface area contributed by atoms with Crippen molar-refractivity contribution < 1.29 is 24.1 Å². The van der Waals surface area contributed by atoms with Gasteiger partial charge in [-0.15, -0.1) is 0 Å². The van der Waals surface area contributed by atoms with Gasteiger partial charge in [0.15, 0.2) is 11.6 Å². The van der Waals surface area contributed by atoms with Crippen molar-refractivity contribution in [3.05, 3.63) is 138 Å². The summed E-state index contributed by atoms with van der Waals surface area (Å²) < 4.78 is 17.8. The Morgan fingerprint density at radius 1 is 0.955 bits per heavy atom.